The number of nitrogens with one attached hydrogen (secondary N) is 3. The predicted molar refractivity (Wildman–Crippen MR) is 107 cm³/mol. The number of hydrogen-bond acceptors (Lipinski definition) is 3. The third kappa shape index (κ3) is 3.72. The topological polar surface area (TPSA) is 77.2 Å². The van der Waals surface area contributed by atoms with Gasteiger partial charge >= 0.3 is 0 Å². The molecule has 4 rings (SSSR count). The average Bonchev–Trinajstić information content (AvgIpc) is 3.30. The Morgan fingerprint density at radius 1 is 1.19 bits per heavy atom. The van der Waals surface area contributed by atoms with E-state index in [4.69, 9.17) is 11.6 Å². The summed E-state index contributed by atoms with van der Waals surface area (Å²) in [6.45, 7) is 0.882. The van der Waals surface area contributed by atoms with Crippen LogP contribution in [0.2, 0.25) is 5.02 Å². The predicted octanol–water partition coefficient (Wildman–Crippen LogP) is 2.79. The zero-order chi connectivity index (χ0) is 18.8. The highest BCUT2D eigenvalue weighted by Crippen LogP contribution is 2.34. The van der Waals surface area contributed by atoms with E-state index >= 15 is 0 Å². The molecule has 0 aliphatic carbocycles. The van der Waals surface area contributed by atoms with Crippen LogP contribution < -0.4 is 10.6 Å². The van der Waals surface area contributed by atoms with Crippen LogP contribution in [0.5, 0.6) is 0 Å². The number of halogens is 1. The second kappa shape index (κ2) is 7.72. The molecule has 0 radical (unpaired) electrons. The molecule has 1 fully saturated rings. The Morgan fingerprint density at radius 2 is 1.96 bits per heavy atom. The molecule has 3 aromatic rings. The van der Waals surface area contributed by atoms with E-state index in [0.717, 1.165) is 22.0 Å². The van der Waals surface area contributed by atoms with Gasteiger partial charge in [-0.3, -0.25) is 4.79 Å². The minimum atomic E-state index is -0.464. The van der Waals surface area contributed by atoms with Gasteiger partial charge < -0.3 is 20.7 Å². The number of rotatable bonds is 5. The minimum Gasteiger partial charge on any atom is -0.392 e. The molecular weight excluding hydrogens is 362 g/mol. The Morgan fingerprint density at radius 3 is 2.74 bits per heavy atom. The minimum absolute atomic E-state index is 0.0786. The Bertz CT molecular complexity index is 955. The Balaban J connectivity index is 1.63. The van der Waals surface area contributed by atoms with E-state index in [1.807, 2.05) is 48.7 Å². The van der Waals surface area contributed by atoms with Crippen molar-refractivity contribution >= 4 is 28.4 Å². The number of hydrogen-bond donors (Lipinski definition) is 4. The molecule has 6 heteroatoms. The standard InChI is InChI=1S/C21H22ClN3O2/c22-18-7-3-1-5-14(18)16(12-25-21(27)20-9-13(26)10-23-20)17-11-24-19-8-4-2-6-15(17)19/h1-8,11,13,16,20,23-24,26H,9-10,12H2,(H,25,27)/t13-,16+,20+/m0/s1. The highest BCUT2D eigenvalue weighted by atomic mass is 35.5. The van der Waals surface area contributed by atoms with Gasteiger partial charge in [0.2, 0.25) is 5.91 Å². The Hall–Kier alpha value is -2.34. The molecule has 0 spiro atoms. The smallest absolute Gasteiger partial charge is 0.237 e. The fraction of sp³-hybridized carbons (Fsp3) is 0.286. The number of H-pyrrole nitrogens is 1. The third-order valence-electron chi connectivity index (χ3n) is 5.18. The Kier molecular flexibility index (Phi) is 5.16. The van der Waals surface area contributed by atoms with Crippen molar-refractivity contribution in [2.45, 2.75) is 24.5 Å². The van der Waals surface area contributed by atoms with Gasteiger partial charge in [-0.1, -0.05) is 48.0 Å². The number of aliphatic hydroxyl groups is 1. The van der Waals surface area contributed by atoms with E-state index in [9.17, 15) is 9.90 Å². The summed E-state index contributed by atoms with van der Waals surface area (Å²) < 4.78 is 0. The van der Waals surface area contributed by atoms with Gasteiger partial charge in [0.15, 0.2) is 0 Å². The van der Waals surface area contributed by atoms with Crippen molar-refractivity contribution in [3.8, 4) is 0 Å². The molecule has 140 valence electrons. The maximum Gasteiger partial charge on any atom is 0.237 e. The summed E-state index contributed by atoms with van der Waals surface area (Å²) in [6, 6.07) is 15.5. The van der Waals surface area contributed by atoms with Gasteiger partial charge in [0.25, 0.3) is 0 Å². The number of amides is 1. The number of aliphatic hydroxyl groups excluding tert-OH is 1. The summed E-state index contributed by atoms with van der Waals surface area (Å²) in [6.07, 6.45) is 1.96. The van der Waals surface area contributed by atoms with Gasteiger partial charge in [-0.05, 0) is 29.7 Å². The molecule has 4 N–H and O–H groups in total. The molecule has 27 heavy (non-hydrogen) atoms. The van der Waals surface area contributed by atoms with Gasteiger partial charge in [0.05, 0.1) is 12.1 Å². The summed E-state index contributed by atoms with van der Waals surface area (Å²) in [5.74, 6) is -0.173. The zero-order valence-electron chi connectivity index (χ0n) is 14.8. The van der Waals surface area contributed by atoms with Crippen LogP contribution in [0.1, 0.15) is 23.5 Å². The molecular formula is C21H22ClN3O2. The van der Waals surface area contributed by atoms with Gasteiger partial charge in [-0.15, -0.1) is 0 Å². The number of aromatic amines is 1. The highest BCUT2D eigenvalue weighted by Gasteiger charge is 2.29. The Labute approximate surface area is 162 Å². The largest absolute Gasteiger partial charge is 0.392 e. The van der Waals surface area contributed by atoms with E-state index in [-0.39, 0.29) is 17.9 Å². The molecule has 1 saturated heterocycles. The molecule has 3 atom stereocenters. The van der Waals surface area contributed by atoms with E-state index < -0.39 is 6.10 Å². The summed E-state index contributed by atoms with van der Waals surface area (Å²) in [4.78, 5) is 15.8. The van der Waals surface area contributed by atoms with Crippen molar-refractivity contribution in [1.82, 2.24) is 15.6 Å². The van der Waals surface area contributed by atoms with Crippen molar-refractivity contribution in [3.63, 3.8) is 0 Å². The molecule has 0 unspecified atom stereocenters. The van der Waals surface area contributed by atoms with Crippen molar-refractivity contribution in [2.75, 3.05) is 13.1 Å². The van der Waals surface area contributed by atoms with Crippen LogP contribution in [0.15, 0.2) is 54.7 Å². The number of aromatic nitrogens is 1. The lowest BCUT2D eigenvalue weighted by Crippen LogP contribution is -2.42. The van der Waals surface area contributed by atoms with Crippen LogP contribution in [0, 0.1) is 0 Å². The molecule has 0 bridgehead atoms. The summed E-state index contributed by atoms with van der Waals surface area (Å²) >= 11 is 6.48. The number of carbonyl (C=O) groups is 1. The van der Waals surface area contributed by atoms with Crippen LogP contribution in [0.4, 0.5) is 0 Å². The fourth-order valence-electron chi connectivity index (χ4n) is 3.77. The van der Waals surface area contributed by atoms with E-state index in [0.29, 0.717) is 24.5 Å². The van der Waals surface area contributed by atoms with E-state index in [2.05, 4.69) is 21.7 Å². The van der Waals surface area contributed by atoms with E-state index in [1.165, 1.54) is 0 Å². The summed E-state index contributed by atoms with van der Waals surface area (Å²) in [7, 11) is 0. The molecule has 1 aliphatic heterocycles. The second-order valence-electron chi connectivity index (χ2n) is 6.96. The lowest BCUT2D eigenvalue weighted by atomic mass is 9.90. The van der Waals surface area contributed by atoms with Gasteiger partial charge in [0, 0.05) is 41.1 Å². The summed E-state index contributed by atoms with van der Waals surface area (Å²) in [5, 5.41) is 17.5. The zero-order valence-corrected chi connectivity index (χ0v) is 15.5. The van der Waals surface area contributed by atoms with E-state index in [1.54, 1.807) is 0 Å². The first-order valence-electron chi connectivity index (χ1n) is 9.13. The van der Waals surface area contributed by atoms with Crippen molar-refractivity contribution in [1.29, 1.82) is 0 Å². The number of β-amino-alcohol motifs (C(OH)–C–C–N with tert-alkyl or cyclic N) is 1. The molecule has 5 nitrogen and oxygen atoms in total. The first kappa shape index (κ1) is 18.0. The SMILES string of the molecule is O=C(NC[C@H](c1ccccc1Cl)c1c[nH]c2ccccc12)[C@H]1C[C@H](O)CN1. The van der Waals surface area contributed by atoms with Crippen molar-refractivity contribution in [3.05, 3.63) is 70.9 Å². The highest BCUT2D eigenvalue weighted by molar-refractivity contribution is 6.31. The molecule has 1 aliphatic rings. The van der Waals surface area contributed by atoms with Crippen LogP contribution >= 0.6 is 11.6 Å². The first-order valence-corrected chi connectivity index (χ1v) is 9.51. The quantitative estimate of drug-likeness (QED) is 0.547. The molecule has 1 amide bonds. The van der Waals surface area contributed by atoms with Gasteiger partial charge in [-0.2, -0.15) is 0 Å². The van der Waals surface area contributed by atoms with Crippen molar-refractivity contribution in [2.24, 2.45) is 0 Å². The van der Waals surface area contributed by atoms with Gasteiger partial charge in [-0.25, -0.2) is 0 Å². The molecule has 2 aromatic carbocycles. The fourth-order valence-corrected chi connectivity index (χ4v) is 4.04. The van der Waals surface area contributed by atoms with Crippen LogP contribution in [-0.2, 0) is 4.79 Å². The average molecular weight is 384 g/mol. The van der Waals surface area contributed by atoms with Crippen LogP contribution in [0.3, 0.4) is 0 Å². The maximum atomic E-state index is 12.5. The number of para-hydroxylation sites is 1. The number of carbonyl (C=O) groups excluding carboxylic acids is 1. The van der Waals surface area contributed by atoms with Crippen molar-refractivity contribution < 1.29 is 9.90 Å². The molecule has 2 heterocycles. The second-order valence-corrected chi connectivity index (χ2v) is 7.37. The summed E-state index contributed by atoms with van der Waals surface area (Å²) in [5.41, 5.74) is 3.12. The molecule has 1 aromatic heterocycles. The third-order valence-corrected chi connectivity index (χ3v) is 5.53. The number of fused-ring (bicyclic) bond motifs is 1. The van der Waals surface area contributed by atoms with Crippen LogP contribution in [-0.4, -0.2) is 41.2 Å². The lowest BCUT2D eigenvalue weighted by Gasteiger charge is -2.20. The van der Waals surface area contributed by atoms with Crippen LogP contribution in [0.25, 0.3) is 10.9 Å². The first-order chi connectivity index (χ1) is 13.1. The lowest BCUT2D eigenvalue weighted by molar-refractivity contribution is -0.122. The molecule has 0 saturated carbocycles. The normalized spacial score (nSPS) is 20.7. The monoisotopic (exact) mass is 383 g/mol. The maximum absolute atomic E-state index is 12.5. The number of benzene rings is 2. The van der Waals surface area contributed by atoms with Gasteiger partial charge in [0.1, 0.15) is 0 Å².